The zero-order chi connectivity index (χ0) is 22.4. The van der Waals surface area contributed by atoms with Gasteiger partial charge in [-0.05, 0) is 44.7 Å². The highest BCUT2D eigenvalue weighted by Crippen LogP contribution is 2.46. The molecule has 1 aliphatic rings. The molecule has 1 N–H and O–H groups in total. The van der Waals surface area contributed by atoms with Crippen LogP contribution in [-0.2, 0) is 18.6 Å². The van der Waals surface area contributed by atoms with Crippen LogP contribution in [-0.4, -0.2) is 35.8 Å². The lowest BCUT2D eigenvalue weighted by Crippen LogP contribution is -2.38. The predicted molar refractivity (Wildman–Crippen MR) is 98.9 cm³/mol. The molecule has 0 radical (unpaired) electrons. The normalized spacial score (nSPS) is 18.3. The summed E-state index contributed by atoms with van der Waals surface area (Å²) in [4.78, 5) is 22.2. The number of hydrogen-bond donors (Lipinski definition) is 1. The lowest BCUT2D eigenvalue weighted by molar-refractivity contribution is -0.384. The molecule has 2 unspecified atom stereocenters. The fourth-order valence-corrected chi connectivity index (χ4v) is 4.23. The molecule has 13 heteroatoms. The smallest absolute Gasteiger partial charge is 0.459 e. The number of alkyl halides is 3. The van der Waals surface area contributed by atoms with Crippen LogP contribution in [0.1, 0.15) is 39.0 Å². The van der Waals surface area contributed by atoms with Crippen LogP contribution in [0.5, 0.6) is 5.75 Å². The molecule has 0 saturated heterocycles. The fraction of sp³-hybridized carbons (Fsp3) is 0.588. The summed E-state index contributed by atoms with van der Waals surface area (Å²) >= 11 is 0. The molecule has 9 nitrogen and oxygen atoms in total. The summed E-state index contributed by atoms with van der Waals surface area (Å²) in [5.74, 6) is -1.04. The highest BCUT2D eigenvalue weighted by molar-refractivity contribution is 7.52. The van der Waals surface area contributed by atoms with E-state index >= 15 is 0 Å². The fourth-order valence-electron chi connectivity index (χ4n) is 2.75. The van der Waals surface area contributed by atoms with E-state index in [1.54, 1.807) is 0 Å². The minimum absolute atomic E-state index is 0.244. The Labute approximate surface area is 170 Å². The molecule has 1 aromatic rings. The van der Waals surface area contributed by atoms with Crippen molar-refractivity contribution in [2.24, 2.45) is 0 Å². The number of non-ortho nitro benzene ring substituents is 1. The molecule has 1 aliphatic carbocycles. The molecule has 0 bridgehead atoms. The summed E-state index contributed by atoms with van der Waals surface area (Å²) in [7, 11) is -4.68. The van der Waals surface area contributed by atoms with Gasteiger partial charge < -0.3 is 9.26 Å². The number of hydrogen-bond acceptors (Lipinski definition) is 7. The van der Waals surface area contributed by atoms with E-state index in [0.717, 1.165) is 43.5 Å². The topological polar surface area (TPSA) is 117 Å². The van der Waals surface area contributed by atoms with Crippen molar-refractivity contribution in [1.82, 2.24) is 5.09 Å². The van der Waals surface area contributed by atoms with Crippen molar-refractivity contribution >= 4 is 19.4 Å². The number of nitrogens with one attached hydrogen (secondary N) is 1. The highest BCUT2D eigenvalue weighted by Gasteiger charge is 2.38. The van der Waals surface area contributed by atoms with Gasteiger partial charge in [0.15, 0.2) is 6.61 Å². The molecule has 0 amide bonds. The number of carbonyl (C=O) groups is 1. The Bertz CT molecular complexity index is 783. The molecule has 0 aliphatic heterocycles. The lowest BCUT2D eigenvalue weighted by atomic mass is 9.98. The Morgan fingerprint density at radius 3 is 2.40 bits per heavy atom. The summed E-state index contributed by atoms with van der Waals surface area (Å²) in [5.41, 5.74) is -0.300. The predicted octanol–water partition coefficient (Wildman–Crippen LogP) is 4.51. The second-order valence-corrected chi connectivity index (χ2v) is 8.47. The van der Waals surface area contributed by atoms with Crippen LogP contribution >= 0.6 is 7.75 Å². The van der Waals surface area contributed by atoms with Crippen molar-refractivity contribution < 1.29 is 41.2 Å². The quantitative estimate of drug-likeness (QED) is 0.251. The minimum Gasteiger partial charge on any atom is -0.461 e. The summed E-state index contributed by atoms with van der Waals surface area (Å²) in [6.45, 7) is -0.636. The molecular weight excluding hydrogens is 432 g/mol. The van der Waals surface area contributed by atoms with Crippen molar-refractivity contribution in [3.05, 3.63) is 34.4 Å². The van der Waals surface area contributed by atoms with Gasteiger partial charge in [0.05, 0.1) is 4.92 Å². The van der Waals surface area contributed by atoms with Crippen molar-refractivity contribution in [2.75, 3.05) is 6.61 Å². The highest BCUT2D eigenvalue weighted by atomic mass is 31.2. The number of halogens is 3. The number of rotatable bonds is 9. The summed E-state index contributed by atoms with van der Waals surface area (Å²) in [6, 6.07) is 2.85. The van der Waals surface area contributed by atoms with E-state index in [-0.39, 0.29) is 17.5 Å². The van der Waals surface area contributed by atoms with Crippen LogP contribution in [0, 0.1) is 10.1 Å². The van der Waals surface area contributed by atoms with Gasteiger partial charge in [0, 0.05) is 12.1 Å². The Hall–Kier alpha value is -2.17. The monoisotopic (exact) mass is 454 g/mol. The van der Waals surface area contributed by atoms with Crippen molar-refractivity contribution in [2.45, 2.75) is 57.3 Å². The van der Waals surface area contributed by atoms with Gasteiger partial charge in [-0.2, -0.15) is 18.3 Å². The average molecular weight is 454 g/mol. The standard InChI is InChI=1S/C17H22F3N2O7P/c1-12(16(23)28-14-5-3-2-4-6-14)21-30(26,27-11-17(18,19)20)29-15-9-7-13(8-10-15)22(24)25/h7-10,12,14H,2-6,11H2,1H3,(H,21,26). The molecule has 2 atom stereocenters. The second-order valence-electron chi connectivity index (χ2n) is 6.78. The van der Waals surface area contributed by atoms with E-state index < -0.39 is 37.5 Å². The largest absolute Gasteiger partial charge is 0.461 e. The molecule has 168 valence electrons. The van der Waals surface area contributed by atoms with Gasteiger partial charge in [-0.1, -0.05) is 6.42 Å². The molecule has 1 saturated carbocycles. The Balaban J connectivity index is 2.08. The van der Waals surface area contributed by atoms with Gasteiger partial charge in [-0.3, -0.25) is 19.4 Å². The van der Waals surface area contributed by atoms with E-state index in [9.17, 15) is 32.6 Å². The van der Waals surface area contributed by atoms with Gasteiger partial charge in [0.1, 0.15) is 17.9 Å². The first-order valence-electron chi connectivity index (χ1n) is 9.21. The van der Waals surface area contributed by atoms with Gasteiger partial charge in [-0.15, -0.1) is 0 Å². The van der Waals surface area contributed by atoms with E-state index in [0.29, 0.717) is 12.8 Å². The number of benzene rings is 1. The molecular formula is C17H22F3N2O7P. The van der Waals surface area contributed by atoms with Crippen molar-refractivity contribution in [1.29, 1.82) is 0 Å². The van der Waals surface area contributed by atoms with E-state index in [4.69, 9.17) is 9.26 Å². The van der Waals surface area contributed by atoms with E-state index in [1.165, 1.54) is 6.92 Å². The Morgan fingerprint density at radius 2 is 1.87 bits per heavy atom. The van der Waals surface area contributed by atoms with Gasteiger partial charge in [0.25, 0.3) is 5.69 Å². The molecule has 0 aromatic heterocycles. The third kappa shape index (κ3) is 7.92. The number of nitrogens with zero attached hydrogens (tertiary/aromatic N) is 1. The zero-order valence-corrected chi connectivity index (χ0v) is 17.0. The number of ether oxygens (including phenoxy) is 1. The average Bonchev–Trinajstić information content (AvgIpc) is 2.67. The molecule has 1 aromatic carbocycles. The van der Waals surface area contributed by atoms with Crippen LogP contribution in [0.2, 0.25) is 0 Å². The first-order chi connectivity index (χ1) is 14.0. The van der Waals surface area contributed by atoms with Crippen LogP contribution in [0.4, 0.5) is 18.9 Å². The maximum absolute atomic E-state index is 12.9. The maximum Gasteiger partial charge on any atom is 0.459 e. The van der Waals surface area contributed by atoms with Crippen molar-refractivity contribution in [3.8, 4) is 5.75 Å². The Morgan fingerprint density at radius 1 is 1.27 bits per heavy atom. The SMILES string of the molecule is CC(NP(=O)(OCC(F)(F)F)Oc1ccc([N+](=O)[O-])cc1)C(=O)OC1CCCCC1. The number of carbonyl (C=O) groups excluding carboxylic acids is 1. The molecule has 2 rings (SSSR count). The van der Waals surface area contributed by atoms with Gasteiger partial charge >= 0.3 is 19.9 Å². The van der Waals surface area contributed by atoms with Gasteiger partial charge in [-0.25, -0.2) is 4.57 Å². The number of nitro groups is 1. The Kier molecular flexibility index (Phi) is 8.22. The molecule has 1 fully saturated rings. The first kappa shape index (κ1) is 24.1. The second kappa shape index (κ2) is 10.2. The molecule has 0 heterocycles. The van der Waals surface area contributed by atoms with Crippen LogP contribution in [0.25, 0.3) is 0 Å². The minimum atomic E-state index is -4.80. The van der Waals surface area contributed by atoms with E-state index in [1.807, 2.05) is 0 Å². The maximum atomic E-state index is 12.9. The molecule has 0 spiro atoms. The zero-order valence-electron chi connectivity index (χ0n) is 16.1. The van der Waals surface area contributed by atoms with Crippen molar-refractivity contribution in [3.63, 3.8) is 0 Å². The third-order valence-electron chi connectivity index (χ3n) is 4.21. The van der Waals surface area contributed by atoms with Crippen LogP contribution in [0.15, 0.2) is 24.3 Å². The third-order valence-corrected chi connectivity index (χ3v) is 5.84. The number of nitro benzene ring substituents is 1. The van der Waals surface area contributed by atoms with Gasteiger partial charge in [0.2, 0.25) is 0 Å². The van der Waals surface area contributed by atoms with Crippen LogP contribution in [0.3, 0.4) is 0 Å². The van der Waals surface area contributed by atoms with E-state index in [2.05, 4.69) is 9.61 Å². The molecule has 30 heavy (non-hydrogen) atoms. The lowest BCUT2D eigenvalue weighted by Gasteiger charge is -2.26. The first-order valence-corrected chi connectivity index (χ1v) is 10.8. The summed E-state index contributed by atoms with van der Waals surface area (Å²) in [6.07, 6.45) is -0.915. The van der Waals surface area contributed by atoms with Crippen LogP contribution < -0.4 is 9.61 Å². The summed E-state index contributed by atoms with van der Waals surface area (Å²) < 4.78 is 65.4. The number of esters is 1. The summed E-state index contributed by atoms with van der Waals surface area (Å²) in [5, 5.41) is 12.8.